The van der Waals surface area contributed by atoms with E-state index in [2.05, 4.69) is 5.32 Å². The average molecular weight is 368 g/mol. The molecule has 1 amide bonds. The Kier molecular flexibility index (Phi) is 4.47. The van der Waals surface area contributed by atoms with Gasteiger partial charge in [-0.1, -0.05) is 23.7 Å². The van der Waals surface area contributed by atoms with Crippen LogP contribution in [0.4, 0.5) is 18.9 Å². The summed E-state index contributed by atoms with van der Waals surface area (Å²) in [5.74, 6) is -0.446. The molecule has 0 spiro atoms. The number of furan rings is 1. The largest absolute Gasteiger partial charge is 0.464 e. The third-order valence-corrected chi connectivity index (χ3v) is 4.05. The Hall–Kier alpha value is -2.47. The lowest BCUT2D eigenvalue weighted by Crippen LogP contribution is -2.15. The summed E-state index contributed by atoms with van der Waals surface area (Å²) in [5, 5.41) is 2.84. The number of hydrogen-bond donors (Lipinski definition) is 1. The molecule has 3 aromatic rings. The summed E-state index contributed by atoms with van der Waals surface area (Å²) in [7, 11) is 0. The molecule has 1 N–H and O–H groups in total. The van der Waals surface area contributed by atoms with Crippen LogP contribution in [0.1, 0.15) is 16.7 Å². The van der Waals surface area contributed by atoms with E-state index in [4.69, 9.17) is 16.0 Å². The molecule has 0 aliphatic heterocycles. The maximum Gasteiger partial charge on any atom is 0.417 e. The minimum atomic E-state index is -4.59. The van der Waals surface area contributed by atoms with Crippen LogP contribution in [0.25, 0.3) is 11.0 Å². The molecular formula is C18H13ClF3NO2. The van der Waals surface area contributed by atoms with E-state index in [1.807, 2.05) is 25.1 Å². The van der Waals surface area contributed by atoms with Crippen LogP contribution in [0.5, 0.6) is 0 Å². The maximum atomic E-state index is 12.9. The molecule has 0 aliphatic carbocycles. The normalized spacial score (nSPS) is 11.7. The molecule has 1 aromatic heterocycles. The number of nitrogens with one attached hydrogen (secondary N) is 1. The third-order valence-electron chi connectivity index (χ3n) is 3.72. The molecule has 7 heteroatoms. The number of carbonyl (C=O) groups excluding carboxylic acids is 1. The van der Waals surface area contributed by atoms with Gasteiger partial charge in [0.25, 0.3) is 0 Å². The van der Waals surface area contributed by atoms with Gasteiger partial charge in [0, 0.05) is 16.6 Å². The minimum Gasteiger partial charge on any atom is -0.464 e. The molecule has 1 heterocycles. The second-order valence-corrected chi connectivity index (χ2v) is 6.09. The number of carbonyl (C=O) groups is 1. The van der Waals surface area contributed by atoms with Crippen molar-refractivity contribution in [3.63, 3.8) is 0 Å². The highest BCUT2D eigenvalue weighted by molar-refractivity contribution is 6.31. The first-order valence-electron chi connectivity index (χ1n) is 7.37. The zero-order chi connectivity index (χ0) is 18.2. The second kappa shape index (κ2) is 6.44. The van der Waals surface area contributed by atoms with E-state index in [-0.39, 0.29) is 12.1 Å². The van der Waals surface area contributed by atoms with Crippen LogP contribution in [0.2, 0.25) is 5.02 Å². The van der Waals surface area contributed by atoms with Gasteiger partial charge in [0.1, 0.15) is 5.58 Å². The van der Waals surface area contributed by atoms with Gasteiger partial charge in [0.2, 0.25) is 5.91 Å². The summed E-state index contributed by atoms with van der Waals surface area (Å²) in [6.45, 7) is 1.92. The van der Waals surface area contributed by atoms with Crippen molar-refractivity contribution in [2.24, 2.45) is 0 Å². The molecule has 3 rings (SSSR count). The molecule has 0 saturated carbocycles. The number of benzene rings is 2. The van der Waals surface area contributed by atoms with Crippen molar-refractivity contribution < 1.29 is 22.4 Å². The monoisotopic (exact) mass is 367 g/mol. The number of amides is 1. The van der Waals surface area contributed by atoms with Gasteiger partial charge in [-0.15, -0.1) is 0 Å². The summed E-state index contributed by atoms with van der Waals surface area (Å²) < 4.78 is 44.0. The number of fused-ring (bicyclic) bond motifs is 1. The molecular weight excluding hydrogens is 355 g/mol. The Morgan fingerprint density at radius 2 is 1.96 bits per heavy atom. The molecule has 2 aromatic carbocycles. The number of alkyl halides is 3. The van der Waals surface area contributed by atoms with Crippen molar-refractivity contribution in [3.05, 3.63) is 64.4 Å². The van der Waals surface area contributed by atoms with Crippen molar-refractivity contribution >= 4 is 34.2 Å². The first-order chi connectivity index (χ1) is 11.7. The van der Waals surface area contributed by atoms with Gasteiger partial charge >= 0.3 is 6.18 Å². The van der Waals surface area contributed by atoms with E-state index in [9.17, 15) is 18.0 Å². The Balaban J connectivity index is 1.78. The molecule has 0 saturated heterocycles. The van der Waals surface area contributed by atoms with Crippen molar-refractivity contribution in [2.45, 2.75) is 19.5 Å². The highest BCUT2D eigenvalue weighted by Gasteiger charge is 2.33. The van der Waals surface area contributed by atoms with Crippen molar-refractivity contribution in [2.75, 3.05) is 5.32 Å². The average Bonchev–Trinajstić information content (AvgIpc) is 2.90. The molecule has 0 aliphatic rings. The van der Waals surface area contributed by atoms with E-state index in [0.29, 0.717) is 11.1 Å². The predicted molar refractivity (Wildman–Crippen MR) is 89.7 cm³/mol. The fraction of sp³-hybridized carbons (Fsp3) is 0.167. The molecule has 0 unspecified atom stereocenters. The first kappa shape index (κ1) is 17.4. The number of aryl methyl sites for hydroxylation is 1. The van der Waals surface area contributed by atoms with Crippen molar-refractivity contribution in [1.29, 1.82) is 0 Å². The Bertz CT molecular complexity index is 947. The summed E-state index contributed by atoms with van der Waals surface area (Å²) in [5.41, 5.74) is 1.39. The summed E-state index contributed by atoms with van der Waals surface area (Å²) in [4.78, 5) is 12.2. The number of anilines is 1. The first-order valence-corrected chi connectivity index (χ1v) is 7.75. The van der Waals surface area contributed by atoms with Gasteiger partial charge in [-0.05, 0) is 36.8 Å². The summed E-state index contributed by atoms with van der Waals surface area (Å²) in [6.07, 6.45) is -3.12. The van der Waals surface area contributed by atoms with Gasteiger partial charge in [0.15, 0.2) is 0 Å². The van der Waals surface area contributed by atoms with Crippen LogP contribution in [-0.4, -0.2) is 5.91 Å². The zero-order valence-corrected chi connectivity index (χ0v) is 13.8. The van der Waals surface area contributed by atoms with Crippen LogP contribution in [-0.2, 0) is 17.4 Å². The van der Waals surface area contributed by atoms with Crippen LogP contribution < -0.4 is 5.32 Å². The van der Waals surface area contributed by atoms with Gasteiger partial charge in [-0.2, -0.15) is 13.2 Å². The highest BCUT2D eigenvalue weighted by atomic mass is 35.5. The standard InChI is InChI=1S/C18H13ClF3NO2/c1-10-2-4-13-11(9-25-16(13)6-10)7-17(24)23-12-3-5-15(19)14(8-12)18(20,21)22/h2-6,8-9H,7H2,1H3,(H,23,24). The highest BCUT2D eigenvalue weighted by Crippen LogP contribution is 2.36. The minimum absolute atomic E-state index is 0.0139. The van der Waals surface area contributed by atoms with Gasteiger partial charge in [-0.3, -0.25) is 4.79 Å². The topological polar surface area (TPSA) is 42.2 Å². The molecule has 0 bridgehead atoms. The van der Waals surface area contributed by atoms with Crippen LogP contribution >= 0.6 is 11.6 Å². The number of halogens is 4. The van der Waals surface area contributed by atoms with E-state index in [0.717, 1.165) is 23.1 Å². The molecule has 0 radical (unpaired) electrons. The zero-order valence-electron chi connectivity index (χ0n) is 13.1. The maximum absolute atomic E-state index is 12.9. The fourth-order valence-corrected chi connectivity index (χ4v) is 2.75. The Labute approximate surface area is 146 Å². The van der Waals surface area contributed by atoms with Crippen LogP contribution in [0, 0.1) is 6.92 Å². The molecule has 0 fully saturated rings. The lowest BCUT2D eigenvalue weighted by Gasteiger charge is -2.11. The van der Waals surface area contributed by atoms with E-state index in [1.165, 1.54) is 12.3 Å². The Morgan fingerprint density at radius 1 is 1.20 bits per heavy atom. The van der Waals surface area contributed by atoms with Crippen LogP contribution in [0.15, 0.2) is 47.1 Å². The van der Waals surface area contributed by atoms with E-state index >= 15 is 0 Å². The van der Waals surface area contributed by atoms with E-state index < -0.39 is 22.7 Å². The molecule has 25 heavy (non-hydrogen) atoms. The molecule has 3 nitrogen and oxygen atoms in total. The predicted octanol–water partition coefficient (Wildman–Crippen LogP) is 5.59. The summed E-state index contributed by atoms with van der Waals surface area (Å²) >= 11 is 5.57. The molecule has 0 atom stereocenters. The van der Waals surface area contributed by atoms with Crippen LogP contribution in [0.3, 0.4) is 0 Å². The molecule has 130 valence electrons. The van der Waals surface area contributed by atoms with Gasteiger partial charge in [0.05, 0.1) is 23.3 Å². The quantitative estimate of drug-likeness (QED) is 0.655. The van der Waals surface area contributed by atoms with Crippen molar-refractivity contribution in [1.82, 2.24) is 0 Å². The summed E-state index contributed by atoms with van der Waals surface area (Å²) in [6, 6.07) is 8.85. The van der Waals surface area contributed by atoms with Gasteiger partial charge in [-0.25, -0.2) is 0 Å². The second-order valence-electron chi connectivity index (χ2n) is 5.68. The smallest absolute Gasteiger partial charge is 0.417 e. The number of hydrogen-bond acceptors (Lipinski definition) is 2. The lowest BCUT2D eigenvalue weighted by atomic mass is 10.1. The van der Waals surface area contributed by atoms with Crippen molar-refractivity contribution in [3.8, 4) is 0 Å². The fourth-order valence-electron chi connectivity index (χ4n) is 2.53. The van der Waals surface area contributed by atoms with E-state index in [1.54, 1.807) is 0 Å². The number of rotatable bonds is 3. The SMILES string of the molecule is Cc1ccc2c(CC(=O)Nc3ccc(Cl)c(C(F)(F)F)c3)coc2c1. The Morgan fingerprint density at radius 3 is 2.68 bits per heavy atom. The third kappa shape index (κ3) is 3.79. The van der Waals surface area contributed by atoms with Gasteiger partial charge < -0.3 is 9.73 Å². The lowest BCUT2D eigenvalue weighted by molar-refractivity contribution is -0.137.